The first-order valence-electron chi connectivity index (χ1n) is 5.55. The highest BCUT2D eigenvalue weighted by atomic mass is 19.1. The maximum Gasteiger partial charge on any atom is 0.162 e. The number of hydrogen-bond donors (Lipinski definition) is 1. The lowest BCUT2D eigenvalue weighted by atomic mass is 10.0. The molecule has 0 saturated heterocycles. The van der Waals surface area contributed by atoms with Gasteiger partial charge >= 0.3 is 0 Å². The third-order valence-electron chi connectivity index (χ3n) is 2.54. The standard InChI is InChI=1S/C13H18FNO/c1-9-8-11(6-7-12(9)14)13(16)5-3-4-10(2)15/h6-8,10H,3-5,15H2,1-2H3. The summed E-state index contributed by atoms with van der Waals surface area (Å²) in [5, 5.41) is 0. The largest absolute Gasteiger partial charge is 0.328 e. The molecule has 1 rings (SSSR count). The topological polar surface area (TPSA) is 43.1 Å². The molecular weight excluding hydrogens is 205 g/mol. The molecule has 0 radical (unpaired) electrons. The van der Waals surface area contributed by atoms with Gasteiger partial charge in [0.1, 0.15) is 5.82 Å². The summed E-state index contributed by atoms with van der Waals surface area (Å²) in [7, 11) is 0. The number of halogens is 1. The first-order chi connectivity index (χ1) is 7.50. The minimum absolute atomic E-state index is 0.0590. The Hall–Kier alpha value is -1.22. The molecule has 0 amide bonds. The van der Waals surface area contributed by atoms with Crippen molar-refractivity contribution in [1.82, 2.24) is 0 Å². The van der Waals surface area contributed by atoms with Crippen LogP contribution in [0.4, 0.5) is 4.39 Å². The fourth-order valence-electron chi connectivity index (χ4n) is 1.55. The molecule has 1 aromatic rings. The number of carbonyl (C=O) groups is 1. The van der Waals surface area contributed by atoms with Crippen LogP contribution in [0.3, 0.4) is 0 Å². The zero-order valence-electron chi connectivity index (χ0n) is 9.79. The van der Waals surface area contributed by atoms with Crippen molar-refractivity contribution >= 4 is 5.78 Å². The van der Waals surface area contributed by atoms with Gasteiger partial charge in [-0.25, -0.2) is 4.39 Å². The van der Waals surface area contributed by atoms with Crippen LogP contribution in [0, 0.1) is 12.7 Å². The van der Waals surface area contributed by atoms with Crippen LogP contribution in [0.5, 0.6) is 0 Å². The molecule has 0 heterocycles. The Labute approximate surface area is 95.7 Å². The van der Waals surface area contributed by atoms with Crippen LogP contribution < -0.4 is 5.73 Å². The Morgan fingerprint density at radius 1 is 1.50 bits per heavy atom. The molecular formula is C13H18FNO. The van der Waals surface area contributed by atoms with E-state index in [-0.39, 0.29) is 17.6 Å². The fraction of sp³-hybridized carbons (Fsp3) is 0.462. The van der Waals surface area contributed by atoms with Gasteiger partial charge in [-0.15, -0.1) is 0 Å². The van der Waals surface area contributed by atoms with Gasteiger partial charge in [-0.1, -0.05) is 0 Å². The second-order valence-electron chi connectivity index (χ2n) is 4.26. The summed E-state index contributed by atoms with van der Waals surface area (Å²) in [5.41, 5.74) is 6.70. The first kappa shape index (κ1) is 12.8. The average molecular weight is 223 g/mol. The maximum atomic E-state index is 13.0. The van der Waals surface area contributed by atoms with E-state index in [4.69, 9.17) is 5.73 Å². The van der Waals surface area contributed by atoms with Gasteiger partial charge in [0.15, 0.2) is 5.78 Å². The van der Waals surface area contributed by atoms with E-state index in [9.17, 15) is 9.18 Å². The van der Waals surface area contributed by atoms with Gasteiger partial charge in [0.05, 0.1) is 0 Å². The van der Waals surface area contributed by atoms with Gasteiger partial charge in [-0.2, -0.15) is 0 Å². The van der Waals surface area contributed by atoms with Crippen LogP contribution in [0.2, 0.25) is 0 Å². The van der Waals surface area contributed by atoms with Crippen molar-refractivity contribution in [3.63, 3.8) is 0 Å². The molecule has 2 nitrogen and oxygen atoms in total. The van der Waals surface area contributed by atoms with Crippen molar-refractivity contribution < 1.29 is 9.18 Å². The van der Waals surface area contributed by atoms with E-state index in [2.05, 4.69) is 0 Å². The third-order valence-corrected chi connectivity index (χ3v) is 2.54. The Kier molecular flexibility index (Phi) is 4.62. The molecule has 0 aliphatic rings. The summed E-state index contributed by atoms with van der Waals surface area (Å²) < 4.78 is 13.0. The van der Waals surface area contributed by atoms with E-state index in [1.54, 1.807) is 13.0 Å². The van der Waals surface area contributed by atoms with Gasteiger partial charge in [0.2, 0.25) is 0 Å². The highest BCUT2D eigenvalue weighted by Gasteiger charge is 2.08. The SMILES string of the molecule is Cc1cc(C(=O)CCCC(C)N)ccc1F. The predicted octanol–water partition coefficient (Wildman–Crippen LogP) is 2.83. The lowest BCUT2D eigenvalue weighted by molar-refractivity contribution is 0.0979. The number of Topliss-reactive ketones (excluding diaryl/α,β-unsaturated/α-hetero) is 1. The summed E-state index contributed by atoms with van der Waals surface area (Å²) >= 11 is 0. The zero-order chi connectivity index (χ0) is 12.1. The van der Waals surface area contributed by atoms with Gasteiger partial charge in [-0.05, 0) is 50.5 Å². The summed E-state index contributed by atoms with van der Waals surface area (Å²) in [6.07, 6.45) is 2.10. The highest BCUT2D eigenvalue weighted by Crippen LogP contribution is 2.12. The molecule has 88 valence electrons. The molecule has 16 heavy (non-hydrogen) atoms. The van der Waals surface area contributed by atoms with E-state index < -0.39 is 0 Å². The van der Waals surface area contributed by atoms with Crippen molar-refractivity contribution in [1.29, 1.82) is 0 Å². The van der Waals surface area contributed by atoms with Crippen molar-refractivity contribution in [2.75, 3.05) is 0 Å². The number of nitrogens with two attached hydrogens (primary N) is 1. The molecule has 2 N–H and O–H groups in total. The van der Waals surface area contributed by atoms with E-state index >= 15 is 0 Å². The average Bonchev–Trinajstić information content (AvgIpc) is 2.21. The number of carbonyl (C=O) groups excluding carboxylic acids is 1. The predicted molar refractivity (Wildman–Crippen MR) is 63.0 cm³/mol. The van der Waals surface area contributed by atoms with Crippen molar-refractivity contribution in [2.45, 2.75) is 39.2 Å². The van der Waals surface area contributed by atoms with Crippen LogP contribution in [-0.4, -0.2) is 11.8 Å². The summed E-state index contributed by atoms with van der Waals surface area (Å²) in [4.78, 5) is 11.7. The fourth-order valence-corrected chi connectivity index (χ4v) is 1.55. The number of rotatable bonds is 5. The Morgan fingerprint density at radius 2 is 2.19 bits per heavy atom. The minimum Gasteiger partial charge on any atom is -0.328 e. The van der Waals surface area contributed by atoms with E-state index in [1.807, 2.05) is 6.92 Å². The van der Waals surface area contributed by atoms with Gasteiger partial charge in [0.25, 0.3) is 0 Å². The van der Waals surface area contributed by atoms with Crippen molar-refractivity contribution in [2.24, 2.45) is 5.73 Å². The van der Waals surface area contributed by atoms with Crippen molar-refractivity contribution in [3.05, 3.63) is 35.1 Å². The van der Waals surface area contributed by atoms with Crippen molar-refractivity contribution in [3.8, 4) is 0 Å². The van der Waals surface area contributed by atoms with Crippen LogP contribution in [0.25, 0.3) is 0 Å². The Balaban J connectivity index is 2.56. The number of aryl methyl sites for hydroxylation is 1. The smallest absolute Gasteiger partial charge is 0.162 e. The van der Waals surface area contributed by atoms with Crippen LogP contribution in [-0.2, 0) is 0 Å². The molecule has 3 heteroatoms. The minimum atomic E-state index is -0.271. The molecule has 0 aliphatic heterocycles. The lowest BCUT2D eigenvalue weighted by Gasteiger charge is -2.05. The normalized spacial score (nSPS) is 12.5. The Bertz CT molecular complexity index is 374. The number of ketones is 1. The van der Waals surface area contributed by atoms with Crippen LogP contribution >= 0.6 is 0 Å². The molecule has 1 atom stereocenters. The van der Waals surface area contributed by atoms with Gasteiger partial charge < -0.3 is 5.73 Å². The Morgan fingerprint density at radius 3 is 2.75 bits per heavy atom. The third kappa shape index (κ3) is 3.74. The quantitative estimate of drug-likeness (QED) is 0.780. The number of benzene rings is 1. The van der Waals surface area contributed by atoms with Crippen LogP contribution in [0.15, 0.2) is 18.2 Å². The highest BCUT2D eigenvalue weighted by molar-refractivity contribution is 5.96. The van der Waals surface area contributed by atoms with E-state index in [0.29, 0.717) is 17.5 Å². The van der Waals surface area contributed by atoms with E-state index in [1.165, 1.54) is 12.1 Å². The maximum absolute atomic E-state index is 13.0. The number of hydrogen-bond acceptors (Lipinski definition) is 2. The second-order valence-corrected chi connectivity index (χ2v) is 4.26. The molecule has 0 fully saturated rings. The molecule has 0 saturated carbocycles. The monoisotopic (exact) mass is 223 g/mol. The second kappa shape index (κ2) is 5.75. The molecule has 0 bridgehead atoms. The van der Waals surface area contributed by atoms with Gasteiger partial charge in [0, 0.05) is 18.0 Å². The first-order valence-corrected chi connectivity index (χ1v) is 5.55. The molecule has 1 aromatic carbocycles. The summed E-state index contributed by atoms with van der Waals surface area (Å²) in [5.74, 6) is -0.212. The van der Waals surface area contributed by atoms with Crippen LogP contribution in [0.1, 0.15) is 42.1 Å². The molecule has 1 unspecified atom stereocenters. The van der Waals surface area contributed by atoms with E-state index in [0.717, 1.165) is 12.8 Å². The summed E-state index contributed by atoms with van der Waals surface area (Å²) in [6.45, 7) is 3.58. The van der Waals surface area contributed by atoms with Gasteiger partial charge in [-0.3, -0.25) is 4.79 Å². The molecule has 0 aromatic heterocycles. The lowest BCUT2D eigenvalue weighted by Crippen LogP contribution is -2.14. The molecule has 0 spiro atoms. The summed E-state index contributed by atoms with van der Waals surface area (Å²) in [6, 6.07) is 4.61. The zero-order valence-corrected chi connectivity index (χ0v) is 9.79. The molecule has 0 aliphatic carbocycles.